The highest BCUT2D eigenvalue weighted by molar-refractivity contribution is 5.97. The molecule has 1 aromatic carbocycles. The van der Waals surface area contributed by atoms with Crippen molar-refractivity contribution >= 4 is 18.3 Å². The average Bonchev–Trinajstić information content (AvgIpc) is 2.39. The van der Waals surface area contributed by atoms with E-state index in [9.17, 15) is 9.18 Å². The number of nitrogens with one attached hydrogen (secondary N) is 1. The minimum atomic E-state index is -0.492. The first-order valence-corrected chi connectivity index (χ1v) is 6.99. The van der Waals surface area contributed by atoms with Gasteiger partial charge in [0.2, 0.25) is 0 Å². The van der Waals surface area contributed by atoms with Gasteiger partial charge < -0.3 is 15.0 Å². The van der Waals surface area contributed by atoms with Crippen LogP contribution in [0.5, 0.6) is 5.75 Å². The van der Waals surface area contributed by atoms with Crippen LogP contribution in [-0.2, 0) is 0 Å². The molecule has 1 N–H and O–H groups in total. The minimum absolute atomic E-state index is 0. The fraction of sp³-hybridized carbons (Fsp3) is 0.533. The van der Waals surface area contributed by atoms with Crippen molar-refractivity contribution in [2.24, 2.45) is 0 Å². The number of carbonyl (C=O) groups excluding carboxylic acids is 1. The van der Waals surface area contributed by atoms with E-state index in [0.717, 1.165) is 0 Å². The third-order valence-electron chi connectivity index (χ3n) is 3.33. The second-order valence-electron chi connectivity index (χ2n) is 5.23. The first-order chi connectivity index (χ1) is 9.52. The Kier molecular flexibility index (Phi) is 6.42. The summed E-state index contributed by atoms with van der Waals surface area (Å²) in [6.45, 7) is 7.40. The molecular weight excluding hydrogens is 295 g/mol. The second-order valence-corrected chi connectivity index (χ2v) is 5.23. The van der Waals surface area contributed by atoms with Gasteiger partial charge in [-0.15, -0.1) is 12.4 Å². The highest BCUT2D eigenvalue weighted by atomic mass is 35.5. The normalized spacial score (nSPS) is 21.6. The summed E-state index contributed by atoms with van der Waals surface area (Å²) in [5.41, 5.74) is 0.299. The Hall–Kier alpha value is -1.33. The SMILES string of the molecule is CCOc1c(F)cccc1C(=O)N1CC(C)NC(C)C1.Cl. The fourth-order valence-electron chi connectivity index (χ4n) is 2.63. The van der Waals surface area contributed by atoms with Gasteiger partial charge in [-0.05, 0) is 32.9 Å². The molecule has 21 heavy (non-hydrogen) atoms. The van der Waals surface area contributed by atoms with E-state index < -0.39 is 5.82 Å². The van der Waals surface area contributed by atoms with Crippen molar-refractivity contribution in [2.75, 3.05) is 19.7 Å². The minimum Gasteiger partial charge on any atom is -0.490 e. The molecule has 118 valence electrons. The number of benzene rings is 1. The molecule has 0 bridgehead atoms. The highest BCUT2D eigenvalue weighted by Crippen LogP contribution is 2.25. The molecule has 1 amide bonds. The molecule has 1 aromatic rings. The van der Waals surface area contributed by atoms with Crippen LogP contribution < -0.4 is 10.1 Å². The van der Waals surface area contributed by atoms with Crippen LogP contribution in [0.4, 0.5) is 4.39 Å². The zero-order valence-electron chi connectivity index (χ0n) is 12.6. The fourth-order valence-corrected chi connectivity index (χ4v) is 2.63. The maximum Gasteiger partial charge on any atom is 0.257 e. The van der Waals surface area contributed by atoms with Crippen LogP contribution >= 0.6 is 12.4 Å². The molecule has 1 heterocycles. The lowest BCUT2D eigenvalue weighted by Gasteiger charge is -2.36. The zero-order valence-corrected chi connectivity index (χ0v) is 13.4. The van der Waals surface area contributed by atoms with Gasteiger partial charge in [0.15, 0.2) is 11.6 Å². The maximum absolute atomic E-state index is 13.8. The maximum atomic E-state index is 13.8. The number of halogens is 2. The van der Waals surface area contributed by atoms with Crippen LogP contribution in [0.1, 0.15) is 31.1 Å². The van der Waals surface area contributed by atoms with Crippen LogP contribution in [0.2, 0.25) is 0 Å². The summed E-state index contributed by atoms with van der Waals surface area (Å²) in [6.07, 6.45) is 0. The quantitative estimate of drug-likeness (QED) is 0.931. The van der Waals surface area contributed by atoms with E-state index in [0.29, 0.717) is 25.3 Å². The molecule has 1 saturated heterocycles. The number of hydrogen-bond acceptors (Lipinski definition) is 3. The molecule has 0 radical (unpaired) electrons. The molecule has 0 aliphatic carbocycles. The summed E-state index contributed by atoms with van der Waals surface area (Å²) in [5.74, 6) is -0.610. The van der Waals surface area contributed by atoms with Gasteiger partial charge in [0, 0.05) is 25.2 Å². The number of ether oxygens (including phenoxy) is 1. The van der Waals surface area contributed by atoms with Crippen LogP contribution in [0.15, 0.2) is 18.2 Å². The Balaban J connectivity index is 0.00000220. The molecule has 1 fully saturated rings. The van der Waals surface area contributed by atoms with E-state index >= 15 is 0 Å². The molecule has 0 spiro atoms. The average molecular weight is 317 g/mol. The Labute approximate surface area is 131 Å². The lowest BCUT2D eigenvalue weighted by Crippen LogP contribution is -2.55. The molecule has 4 nitrogen and oxygen atoms in total. The van der Waals surface area contributed by atoms with Gasteiger partial charge in [0.1, 0.15) is 0 Å². The van der Waals surface area contributed by atoms with Crippen molar-refractivity contribution in [1.82, 2.24) is 10.2 Å². The van der Waals surface area contributed by atoms with Gasteiger partial charge in [-0.1, -0.05) is 6.07 Å². The smallest absolute Gasteiger partial charge is 0.257 e. The van der Waals surface area contributed by atoms with Crippen molar-refractivity contribution < 1.29 is 13.9 Å². The molecule has 2 atom stereocenters. The third-order valence-corrected chi connectivity index (χ3v) is 3.33. The summed E-state index contributed by atoms with van der Waals surface area (Å²) < 4.78 is 19.1. The molecule has 0 saturated carbocycles. The summed E-state index contributed by atoms with van der Waals surface area (Å²) in [5, 5.41) is 3.37. The van der Waals surface area contributed by atoms with Crippen molar-refractivity contribution in [3.8, 4) is 5.75 Å². The van der Waals surface area contributed by atoms with Crippen molar-refractivity contribution in [1.29, 1.82) is 0 Å². The zero-order chi connectivity index (χ0) is 14.7. The number of carbonyl (C=O) groups is 1. The predicted molar refractivity (Wildman–Crippen MR) is 82.8 cm³/mol. The molecule has 1 aliphatic rings. The van der Waals surface area contributed by atoms with Crippen molar-refractivity contribution in [3.63, 3.8) is 0 Å². The van der Waals surface area contributed by atoms with E-state index in [1.165, 1.54) is 6.07 Å². The first kappa shape index (κ1) is 17.7. The number of piperazine rings is 1. The van der Waals surface area contributed by atoms with Crippen molar-refractivity contribution in [3.05, 3.63) is 29.6 Å². The molecule has 0 aromatic heterocycles. The lowest BCUT2D eigenvalue weighted by molar-refractivity contribution is 0.0668. The van der Waals surface area contributed by atoms with Crippen molar-refractivity contribution in [2.45, 2.75) is 32.9 Å². The van der Waals surface area contributed by atoms with Gasteiger partial charge in [-0.25, -0.2) is 4.39 Å². The van der Waals surface area contributed by atoms with E-state index in [-0.39, 0.29) is 36.1 Å². The van der Waals surface area contributed by atoms with E-state index in [1.54, 1.807) is 24.0 Å². The summed E-state index contributed by atoms with van der Waals surface area (Å²) in [4.78, 5) is 14.3. The molecule has 2 unspecified atom stereocenters. The number of para-hydroxylation sites is 1. The summed E-state index contributed by atoms with van der Waals surface area (Å²) in [6, 6.07) is 4.93. The molecular formula is C15H22ClFN2O2. The van der Waals surface area contributed by atoms with E-state index in [2.05, 4.69) is 5.32 Å². The van der Waals surface area contributed by atoms with Gasteiger partial charge >= 0.3 is 0 Å². The van der Waals surface area contributed by atoms with Crippen LogP contribution in [0, 0.1) is 5.82 Å². The van der Waals surface area contributed by atoms with Crippen LogP contribution in [0.25, 0.3) is 0 Å². The van der Waals surface area contributed by atoms with Gasteiger partial charge in [-0.3, -0.25) is 4.79 Å². The number of hydrogen-bond donors (Lipinski definition) is 1. The molecule has 6 heteroatoms. The summed E-state index contributed by atoms with van der Waals surface area (Å²) >= 11 is 0. The number of rotatable bonds is 3. The van der Waals surface area contributed by atoms with Gasteiger partial charge in [0.25, 0.3) is 5.91 Å². The second kappa shape index (κ2) is 7.61. The van der Waals surface area contributed by atoms with Gasteiger partial charge in [0.05, 0.1) is 12.2 Å². The Morgan fingerprint density at radius 1 is 1.38 bits per heavy atom. The predicted octanol–water partition coefficient (Wildman–Crippen LogP) is 2.47. The lowest BCUT2D eigenvalue weighted by atomic mass is 10.1. The first-order valence-electron chi connectivity index (χ1n) is 6.99. The number of nitrogens with zero attached hydrogens (tertiary/aromatic N) is 1. The monoisotopic (exact) mass is 316 g/mol. The highest BCUT2D eigenvalue weighted by Gasteiger charge is 2.28. The van der Waals surface area contributed by atoms with E-state index in [1.807, 2.05) is 13.8 Å². The topological polar surface area (TPSA) is 41.6 Å². The van der Waals surface area contributed by atoms with Crippen LogP contribution in [-0.4, -0.2) is 42.6 Å². The van der Waals surface area contributed by atoms with E-state index in [4.69, 9.17) is 4.74 Å². The standard InChI is InChI=1S/C15H21FN2O2.ClH/c1-4-20-14-12(6-5-7-13(14)16)15(19)18-8-10(2)17-11(3)9-18;/h5-7,10-11,17H,4,8-9H2,1-3H3;1H. The largest absolute Gasteiger partial charge is 0.490 e. The summed E-state index contributed by atoms with van der Waals surface area (Å²) in [7, 11) is 0. The van der Waals surface area contributed by atoms with Gasteiger partial charge in [-0.2, -0.15) is 0 Å². The molecule has 1 aliphatic heterocycles. The molecule has 2 rings (SSSR count). The van der Waals surface area contributed by atoms with Crippen LogP contribution in [0.3, 0.4) is 0 Å². The number of amides is 1. The Bertz CT molecular complexity index is 489. The third kappa shape index (κ3) is 4.08. The Morgan fingerprint density at radius 3 is 2.57 bits per heavy atom. The Morgan fingerprint density at radius 2 is 2.00 bits per heavy atom.